The third kappa shape index (κ3) is 7.62. The van der Waals surface area contributed by atoms with Crippen LogP contribution in [0, 0.1) is 0 Å². The number of alkyl halides is 1. The van der Waals surface area contributed by atoms with Crippen LogP contribution in [0.1, 0.15) is 32.1 Å². The molecule has 0 heterocycles. The van der Waals surface area contributed by atoms with Gasteiger partial charge in [-0.05, 0) is 12.8 Å². The maximum atomic E-state index is 10.6. The summed E-state index contributed by atoms with van der Waals surface area (Å²) in [5, 5.41) is 0. The number of hydrogen-bond donors (Lipinski definition) is 2. The van der Waals surface area contributed by atoms with E-state index in [1.165, 1.54) is 0 Å². The maximum absolute atomic E-state index is 10.6. The van der Waals surface area contributed by atoms with Crippen molar-refractivity contribution in [3.05, 3.63) is 0 Å². The first kappa shape index (κ1) is 10.7. The van der Waals surface area contributed by atoms with E-state index in [1.54, 1.807) is 0 Å². The highest BCUT2D eigenvalue weighted by atomic mass is 35.5. The molecule has 0 aromatic carbocycles. The van der Waals surface area contributed by atoms with Gasteiger partial charge in [-0.1, -0.05) is 12.8 Å². The van der Waals surface area contributed by atoms with Gasteiger partial charge in [-0.25, -0.2) is 5.84 Å². The van der Waals surface area contributed by atoms with Gasteiger partial charge >= 0.3 is 0 Å². The Bertz CT molecular complexity index is 109. The van der Waals surface area contributed by atoms with Crippen molar-refractivity contribution >= 4 is 17.5 Å². The second kappa shape index (κ2) is 7.82. The number of rotatable bonds is 6. The fourth-order valence-corrected chi connectivity index (χ4v) is 0.995. The lowest BCUT2D eigenvalue weighted by molar-refractivity contribution is -0.121. The van der Waals surface area contributed by atoms with Gasteiger partial charge in [0.15, 0.2) is 0 Å². The topological polar surface area (TPSA) is 55.1 Å². The van der Waals surface area contributed by atoms with E-state index in [1.807, 2.05) is 0 Å². The molecular formula is C7H15ClN2O. The van der Waals surface area contributed by atoms with Crippen LogP contribution in [-0.4, -0.2) is 11.8 Å². The van der Waals surface area contributed by atoms with E-state index in [-0.39, 0.29) is 5.91 Å². The van der Waals surface area contributed by atoms with Gasteiger partial charge in [0.05, 0.1) is 0 Å². The number of unbranched alkanes of at least 4 members (excludes halogenated alkanes) is 3. The molecule has 0 aliphatic carbocycles. The summed E-state index contributed by atoms with van der Waals surface area (Å²) in [7, 11) is 0. The quantitative estimate of drug-likeness (QED) is 0.211. The molecule has 0 atom stereocenters. The molecule has 1 amide bonds. The lowest BCUT2D eigenvalue weighted by Gasteiger charge is -1.98. The van der Waals surface area contributed by atoms with Gasteiger partial charge in [-0.2, -0.15) is 0 Å². The Morgan fingerprint density at radius 1 is 1.27 bits per heavy atom. The molecule has 0 aliphatic rings. The van der Waals surface area contributed by atoms with Gasteiger partial charge in [0.1, 0.15) is 0 Å². The number of amides is 1. The Morgan fingerprint density at radius 2 is 1.91 bits per heavy atom. The van der Waals surface area contributed by atoms with Crippen LogP contribution in [0.4, 0.5) is 0 Å². The molecule has 0 radical (unpaired) electrons. The maximum Gasteiger partial charge on any atom is 0.233 e. The Balaban J connectivity index is 2.95. The van der Waals surface area contributed by atoms with Crippen LogP contribution >= 0.6 is 11.6 Å². The highest BCUT2D eigenvalue weighted by Gasteiger charge is 1.96. The number of nitrogens with one attached hydrogen (secondary N) is 1. The predicted octanol–water partition coefficient (Wildman–Crippen LogP) is 1.17. The van der Waals surface area contributed by atoms with Crippen LogP contribution in [0.25, 0.3) is 0 Å². The van der Waals surface area contributed by atoms with E-state index < -0.39 is 0 Å². The normalized spacial score (nSPS) is 9.64. The van der Waals surface area contributed by atoms with E-state index in [4.69, 9.17) is 17.4 Å². The molecule has 4 heteroatoms. The standard InChI is InChI=1S/C7H15ClN2O/c8-6-4-2-1-3-5-7(11)10-9/h1-6,9H2,(H,10,11). The smallest absolute Gasteiger partial charge is 0.233 e. The van der Waals surface area contributed by atoms with Crippen molar-refractivity contribution in [1.29, 1.82) is 0 Å². The van der Waals surface area contributed by atoms with Gasteiger partial charge in [-0.15, -0.1) is 11.6 Å². The molecule has 0 bridgehead atoms. The molecule has 66 valence electrons. The Kier molecular flexibility index (Phi) is 7.62. The van der Waals surface area contributed by atoms with Gasteiger partial charge in [0, 0.05) is 12.3 Å². The third-order valence-corrected chi connectivity index (χ3v) is 1.72. The van der Waals surface area contributed by atoms with E-state index in [9.17, 15) is 4.79 Å². The molecule has 0 saturated heterocycles. The van der Waals surface area contributed by atoms with E-state index in [0.717, 1.165) is 25.7 Å². The Morgan fingerprint density at radius 3 is 2.45 bits per heavy atom. The van der Waals surface area contributed by atoms with E-state index in [0.29, 0.717) is 12.3 Å². The van der Waals surface area contributed by atoms with Crippen LogP contribution in [0.15, 0.2) is 0 Å². The fourth-order valence-electron chi connectivity index (χ4n) is 0.806. The summed E-state index contributed by atoms with van der Waals surface area (Å²) in [6.45, 7) is 0. The average Bonchev–Trinajstić information content (AvgIpc) is 2.04. The summed E-state index contributed by atoms with van der Waals surface area (Å²) in [6.07, 6.45) is 4.62. The molecule has 0 spiro atoms. The summed E-state index contributed by atoms with van der Waals surface area (Å²) < 4.78 is 0. The molecule has 3 nitrogen and oxygen atoms in total. The zero-order valence-corrected chi connectivity index (χ0v) is 7.36. The molecule has 0 aliphatic heterocycles. The van der Waals surface area contributed by atoms with Crippen LogP contribution in [0.2, 0.25) is 0 Å². The largest absolute Gasteiger partial charge is 0.294 e. The summed E-state index contributed by atoms with van der Waals surface area (Å²) in [6, 6.07) is 0. The summed E-state index contributed by atoms with van der Waals surface area (Å²) in [4.78, 5) is 10.6. The van der Waals surface area contributed by atoms with Gasteiger partial charge in [-0.3, -0.25) is 10.2 Å². The number of halogens is 1. The first-order chi connectivity index (χ1) is 5.31. The Hall–Kier alpha value is -0.280. The van der Waals surface area contributed by atoms with Crippen molar-refractivity contribution in [1.82, 2.24) is 5.43 Å². The lowest BCUT2D eigenvalue weighted by Crippen LogP contribution is -2.29. The molecule has 0 aromatic rings. The summed E-state index contributed by atoms with van der Waals surface area (Å²) in [5.41, 5.74) is 2.09. The van der Waals surface area contributed by atoms with Crippen LogP contribution in [0.3, 0.4) is 0 Å². The molecular weight excluding hydrogens is 164 g/mol. The SMILES string of the molecule is NNC(=O)CCCCCCCl. The molecule has 0 unspecified atom stereocenters. The summed E-state index contributed by atoms with van der Waals surface area (Å²) >= 11 is 5.47. The highest BCUT2D eigenvalue weighted by Crippen LogP contribution is 2.03. The molecule has 0 saturated carbocycles. The van der Waals surface area contributed by atoms with E-state index in [2.05, 4.69) is 5.43 Å². The minimum atomic E-state index is -0.0872. The van der Waals surface area contributed by atoms with Crippen LogP contribution in [-0.2, 0) is 4.79 Å². The van der Waals surface area contributed by atoms with E-state index >= 15 is 0 Å². The van der Waals surface area contributed by atoms with Gasteiger partial charge in [0.25, 0.3) is 0 Å². The zero-order chi connectivity index (χ0) is 8.53. The second-order valence-electron chi connectivity index (χ2n) is 2.42. The van der Waals surface area contributed by atoms with Crippen molar-refractivity contribution in [3.63, 3.8) is 0 Å². The van der Waals surface area contributed by atoms with Crippen LogP contribution in [0.5, 0.6) is 0 Å². The minimum Gasteiger partial charge on any atom is -0.294 e. The third-order valence-electron chi connectivity index (χ3n) is 1.45. The highest BCUT2D eigenvalue weighted by molar-refractivity contribution is 6.17. The molecule has 0 rings (SSSR count). The lowest BCUT2D eigenvalue weighted by atomic mass is 10.1. The van der Waals surface area contributed by atoms with Crippen molar-refractivity contribution in [2.45, 2.75) is 32.1 Å². The Labute approximate surface area is 72.3 Å². The first-order valence-corrected chi connectivity index (χ1v) is 4.40. The molecule has 11 heavy (non-hydrogen) atoms. The molecule has 3 N–H and O–H groups in total. The van der Waals surface area contributed by atoms with Gasteiger partial charge < -0.3 is 0 Å². The van der Waals surface area contributed by atoms with Crippen molar-refractivity contribution in [3.8, 4) is 0 Å². The van der Waals surface area contributed by atoms with Crippen molar-refractivity contribution in [2.75, 3.05) is 5.88 Å². The van der Waals surface area contributed by atoms with Crippen LogP contribution < -0.4 is 11.3 Å². The zero-order valence-electron chi connectivity index (χ0n) is 6.61. The monoisotopic (exact) mass is 178 g/mol. The first-order valence-electron chi connectivity index (χ1n) is 3.86. The number of hydrogen-bond acceptors (Lipinski definition) is 2. The number of carbonyl (C=O) groups excluding carboxylic acids is 1. The van der Waals surface area contributed by atoms with Crippen molar-refractivity contribution in [2.24, 2.45) is 5.84 Å². The average molecular weight is 179 g/mol. The predicted molar refractivity (Wildman–Crippen MR) is 46.1 cm³/mol. The number of hydrazine groups is 1. The minimum absolute atomic E-state index is 0.0872. The number of nitrogens with two attached hydrogens (primary N) is 1. The van der Waals surface area contributed by atoms with Crippen molar-refractivity contribution < 1.29 is 4.79 Å². The number of carbonyl (C=O) groups is 1. The fraction of sp³-hybridized carbons (Fsp3) is 0.857. The molecule has 0 aromatic heterocycles. The molecule has 0 fully saturated rings. The summed E-state index contributed by atoms with van der Waals surface area (Å²) in [5.74, 6) is 5.52. The second-order valence-corrected chi connectivity index (χ2v) is 2.80. The van der Waals surface area contributed by atoms with Gasteiger partial charge in [0.2, 0.25) is 5.91 Å².